The zero-order valence-corrected chi connectivity index (χ0v) is 13.6. The predicted octanol–water partition coefficient (Wildman–Crippen LogP) is 3.86. The van der Waals surface area contributed by atoms with E-state index < -0.39 is 6.10 Å². The number of carbonyl (C=O) groups excluding carboxylic acids is 2. The molecule has 0 radical (unpaired) electrons. The normalized spacial score (nSPS) is 11.6. The number of benzene rings is 2. The number of ether oxygens (including phenoxy) is 1. The smallest absolute Gasteiger partial charge is 0.265 e. The molecule has 2 aromatic carbocycles. The summed E-state index contributed by atoms with van der Waals surface area (Å²) in [5.74, 6) is 0.356. The first-order chi connectivity index (χ1) is 11.0. The summed E-state index contributed by atoms with van der Waals surface area (Å²) in [6, 6.07) is 14.5. The van der Waals surface area contributed by atoms with Crippen LogP contribution < -0.4 is 10.1 Å². The molecule has 0 aromatic heterocycles. The lowest BCUT2D eigenvalue weighted by Crippen LogP contribution is -2.30. The van der Waals surface area contributed by atoms with Crippen molar-refractivity contribution in [2.75, 3.05) is 5.32 Å². The Balaban J connectivity index is 1.99. The second-order valence-electron chi connectivity index (χ2n) is 5.38. The fraction of sp³-hybridized carbons (Fsp3) is 0.263. The average molecular weight is 311 g/mol. The molecule has 0 saturated carbocycles. The molecule has 0 saturated heterocycles. The highest BCUT2D eigenvalue weighted by Crippen LogP contribution is 2.16. The van der Waals surface area contributed by atoms with Crippen LogP contribution in [0.4, 0.5) is 5.69 Å². The van der Waals surface area contributed by atoms with E-state index >= 15 is 0 Å². The summed E-state index contributed by atoms with van der Waals surface area (Å²) in [7, 11) is 0. The lowest BCUT2D eigenvalue weighted by atomic mass is 10.1. The van der Waals surface area contributed by atoms with Crippen LogP contribution >= 0.6 is 0 Å². The topological polar surface area (TPSA) is 55.4 Å². The molecule has 0 unspecified atom stereocenters. The molecule has 4 heteroatoms. The van der Waals surface area contributed by atoms with Gasteiger partial charge in [-0.3, -0.25) is 9.59 Å². The van der Waals surface area contributed by atoms with E-state index in [1.807, 2.05) is 24.3 Å². The van der Waals surface area contributed by atoms with Gasteiger partial charge < -0.3 is 10.1 Å². The number of hydrogen-bond donors (Lipinski definition) is 1. The van der Waals surface area contributed by atoms with Gasteiger partial charge in [-0.2, -0.15) is 0 Å². The molecule has 23 heavy (non-hydrogen) atoms. The van der Waals surface area contributed by atoms with Crippen molar-refractivity contribution in [3.8, 4) is 5.75 Å². The molecule has 0 bridgehead atoms. The molecule has 1 amide bonds. The van der Waals surface area contributed by atoms with E-state index in [0.717, 1.165) is 6.42 Å². The van der Waals surface area contributed by atoms with Crippen LogP contribution in [0.1, 0.15) is 36.7 Å². The van der Waals surface area contributed by atoms with Gasteiger partial charge in [-0.15, -0.1) is 0 Å². The molecule has 0 aliphatic carbocycles. The van der Waals surface area contributed by atoms with Gasteiger partial charge in [0, 0.05) is 11.3 Å². The van der Waals surface area contributed by atoms with Gasteiger partial charge in [0.25, 0.3) is 5.91 Å². The van der Waals surface area contributed by atoms with Crippen LogP contribution in [0.2, 0.25) is 0 Å². The first kappa shape index (κ1) is 16.7. The zero-order chi connectivity index (χ0) is 16.8. The SMILES string of the molecule is CCc1ccc(O[C@H](C)C(=O)Nc2cccc(C(C)=O)c2)cc1. The largest absolute Gasteiger partial charge is 0.481 e. The Morgan fingerprint density at radius 2 is 1.83 bits per heavy atom. The molecule has 4 nitrogen and oxygen atoms in total. The summed E-state index contributed by atoms with van der Waals surface area (Å²) in [5.41, 5.74) is 2.36. The molecule has 0 fully saturated rings. The van der Waals surface area contributed by atoms with E-state index in [2.05, 4.69) is 12.2 Å². The first-order valence-electron chi connectivity index (χ1n) is 7.67. The number of carbonyl (C=O) groups is 2. The summed E-state index contributed by atoms with van der Waals surface area (Å²) in [4.78, 5) is 23.6. The Hall–Kier alpha value is -2.62. The predicted molar refractivity (Wildman–Crippen MR) is 91.0 cm³/mol. The van der Waals surface area contributed by atoms with Crippen LogP contribution in [0, 0.1) is 0 Å². The third-order valence-electron chi connectivity index (χ3n) is 3.55. The number of nitrogens with one attached hydrogen (secondary N) is 1. The summed E-state index contributed by atoms with van der Waals surface area (Å²) >= 11 is 0. The van der Waals surface area contributed by atoms with Gasteiger partial charge >= 0.3 is 0 Å². The quantitative estimate of drug-likeness (QED) is 0.824. The first-order valence-corrected chi connectivity index (χ1v) is 7.67. The van der Waals surface area contributed by atoms with Crippen molar-refractivity contribution < 1.29 is 14.3 Å². The molecule has 0 heterocycles. The molecule has 0 aliphatic heterocycles. The van der Waals surface area contributed by atoms with Gasteiger partial charge in [-0.1, -0.05) is 31.2 Å². The Morgan fingerprint density at radius 1 is 1.13 bits per heavy atom. The maximum absolute atomic E-state index is 12.2. The Bertz CT molecular complexity index is 692. The van der Waals surface area contributed by atoms with Crippen molar-refractivity contribution in [2.24, 2.45) is 0 Å². The van der Waals surface area contributed by atoms with Crippen molar-refractivity contribution in [3.05, 3.63) is 59.7 Å². The molecule has 0 spiro atoms. The molecule has 0 aliphatic rings. The fourth-order valence-electron chi connectivity index (χ4n) is 2.12. The summed E-state index contributed by atoms with van der Waals surface area (Å²) in [6.45, 7) is 5.27. The molecule has 2 rings (SSSR count). The Kier molecular flexibility index (Phi) is 5.52. The molecular formula is C19H21NO3. The lowest BCUT2D eigenvalue weighted by molar-refractivity contribution is -0.122. The van der Waals surface area contributed by atoms with Crippen LogP contribution in [0.5, 0.6) is 5.75 Å². The summed E-state index contributed by atoms with van der Waals surface area (Å²) in [5, 5.41) is 2.76. The van der Waals surface area contributed by atoms with Gasteiger partial charge in [-0.05, 0) is 50.1 Å². The van der Waals surface area contributed by atoms with Crippen LogP contribution in [-0.4, -0.2) is 17.8 Å². The number of aryl methyl sites for hydroxylation is 1. The highest BCUT2D eigenvalue weighted by Gasteiger charge is 2.15. The standard InChI is InChI=1S/C19H21NO3/c1-4-15-8-10-18(11-9-15)23-14(3)19(22)20-17-7-5-6-16(12-17)13(2)21/h5-12,14H,4H2,1-3H3,(H,20,22)/t14-/m1/s1. The third kappa shape index (κ3) is 4.68. The number of amides is 1. The van der Waals surface area contributed by atoms with Crippen LogP contribution in [0.25, 0.3) is 0 Å². The second-order valence-corrected chi connectivity index (χ2v) is 5.38. The van der Waals surface area contributed by atoms with Crippen molar-refractivity contribution >= 4 is 17.4 Å². The minimum absolute atomic E-state index is 0.0404. The molecule has 1 N–H and O–H groups in total. The van der Waals surface area contributed by atoms with Gasteiger partial charge in [0.1, 0.15) is 5.75 Å². The molecule has 1 atom stereocenters. The van der Waals surface area contributed by atoms with E-state index in [4.69, 9.17) is 4.74 Å². The van der Waals surface area contributed by atoms with Crippen LogP contribution in [0.15, 0.2) is 48.5 Å². The van der Waals surface area contributed by atoms with E-state index in [1.54, 1.807) is 31.2 Å². The van der Waals surface area contributed by atoms with E-state index in [1.165, 1.54) is 12.5 Å². The third-order valence-corrected chi connectivity index (χ3v) is 3.55. The van der Waals surface area contributed by atoms with Crippen molar-refractivity contribution in [1.29, 1.82) is 0 Å². The number of anilines is 1. The minimum Gasteiger partial charge on any atom is -0.481 e. The number of ketones is 1. The van der Waals surface area contributed by atoms with E-state index in [0.29, 0.717) is 17.0 Å². The van der Waals surface area contributed by atoms with Crippen LogP contribution in [-0.2, 0) is 11.2 Å². The van der Waals surface area contributed by atoms with E-state index in [-0.39, 0.29) is 11.7 Å². The van der Waals surface area contributed by atoms with Gasteiger partial charge in [0.15, 0.2) is 11.9 Å². The monoisotopic (exact) mass is 311 g/mol. The molecule has 120 valence electrons. The Morgan fingerprint density at radius 3 is 2.43 bits per heavy atom. The lowest BCUT2D eigenvalue weighted by Gasteiger charge is -2.15. The second kappa shape index (κ2) is 7.58. The van der Waals surface area contributed by atoms with Crippen LogP contribution in [0.3, 0.4) is 0 Å². The van der Waals surface area contributed by atoms with Gasteiger partial charge in [-0.25, -0.2) is 0 Å². The highest BCUT2D eigenvalue weighted by molar-refractivity contribution is 5.98. The minimum atomic E-state index is -0.636. The Labute approximate surface area is 136 Å². The average Bonchev–Trinajstić information content (AvgIpc) is 2.55. The molecular weight excluding hydrogens is 290 g/mol. The van der Waals surface area contributed by atoms with Crippen molar-refractivity contribution in [3.63, 3.8) is 0 Å². The zero-order valence-electron chi connectivity index (χ0n) is 13.6. The maximum atomic E-state index is 12.2. The summed E-state index contributed by atoms with van der Waals surface area (Å²) < 4.78 is 5.65. The van der Waals surface area contributed by atoms with Crippen molar-refractivity contribution in [1.82, 2.24) is 0 Å². The maximum Gasteiger partial charge on any atom is 0.265 e. The van der Waals surface area contributed by atoms with Gasteiger partial charge in [0.05, 0.1) is 0 Å². The molecule has 2 aromatic rings. The van der Waals surface area contributed by atoms with Crippen molar-refractivity contribution in [2.45, 2.75) is 33.3 Å². The van der Waals surface area contributed by atoms with Gasteiger partial charge in [0.2, 0.25) is 0 Å². The highest BCUT2D eigenvalue weighted by atomic mass is 16.5. The number of hydrogen-bond acceptors (Lipinski definition) is 3. The van der Waals surface area contributed by atoms with E-state index in [9.17, 15) is 9.59 Å². The number of Topliss-reactive ketones (excluding diaryl/α,β-unsaturated/α-hetero) is 1. The fourth-order valence-corrected chi connectivity index (χ4v) is 2.12. The summed E-state index contributed by atoms with van der Waals surface area (Å²) in [6.07, 6.45) is 0.325. The number of rotatable bonds is 6.